The molecule has 0 saturated carbocycles. The molecule has 0 heterocycles. The predicted octanol–water partition coefficient (Wildman–Crippen LogP) is -9.85. The second kappa shape index (κ2) is 9.83. The summed E-state index contributed by atoms with van der Waals surface area (Å²) in [6.07, 6.45) is 0. The standard InChI is InChI=1S/2Na.H5O10P3.V/c;;1-11(2,3)9-13(7,8)10-12(4,5)6;/h;;(H,7,8)(H2,1,2,3)(H2,4,5,6);/q2*+1;;+3/p-5. The van der Waals surface area contributed by atoms with Crippen molar-refractivity contribution in [3.05, 3.63) is 0 Å². The fourth-order valence-electron chi connectivity index (χ4n) is 0.260. The number of phosphoric acid groups is 3. The third kappa shape index (κ3) is 19.3. The van der Waals surface area contributed by atoms with E-state index in [1.54, 1.807) is 0 Å². The van der Waals surface area contributed by atoms with Crippen LogP contribution in [0, 0.1) is 0 Å². The second-order valence-electron chi connectivity index (χ2n) is 1.50. The number of rotatable bonds is 4. The van der Waals surface area contributed by atoms with Crippen LogP contribution in [0.3, 0.4) is 0 Å². The zero-order chi connectivity index (χ0) is 10.9. The van der Waals surface area contributed by atoms with E-state index in [1.165, 1.54) is 0 Å². The van der Waals surface area contributed by atoms with Crippen molar-refractivity contribution >= 4 is 23.5 Å². The molecule has 16 heavy (non-hydrogen) atoms. The van der Waals surface area contributed by atoms with Gasteiger partial charge in [0.2, 0.25) is 0 Å². The van der Waals surface area contributed by atoms with Crippen molar-refractivity contribution in [1.82, 2.24) is 0 Å². The topological polar surface area (TPSA) is 185 Å². The molecule has 0 saturated heterocycles. The molecule has 0 aromatic heterocycles. The van der Waals surface area contributed by atoms with Gasteiger partial charge in [-0.2, -0.15) is 0 Å². The molecule has 0 aromatic rings. The zero-order valence-corrected chi connectivity index (χ0v) is 16.0. The van der Waals surface area contributed by atoms with Crippen LogP contribution in [-0.2, 0) is 40.9 Å². The van der Waals surface area contributed by atoms with E-state index in [2.05, 4.69) is 8.62 Å². The average Bonchev–Trinajstić information content (AvgIpc) is 1.43. The molecule has 10 nitrogen and oxygen atoms in total. The smallest absolute Gasteiger partial charge is 0.790 e. The van der Waals surface area contributed by atoms with Crippen molar-refractivity contribution < 1.29 is 124 Å². The number of hydrogen-bond acceptors (Lipinski definition) is 10. The van der Waals surface area contributed by atoms with Gasteiger partial charge in [-0.1, -0.05) is 0 Å². The van der Waals surface area contributed by atoms with Crippen molar-refractivity contribution in [3.63, 3.8) is 0 Å². The molecule has 0 unspecified atom stereocenters. The van der Waals surface area contributed by atoms with Gasteiger partial charge in [-0.05, 0) is 0 Å². The summed E-state index contributed by atoms with van der Waals surface area (Å²) in [6.45, 7) is 0. The first kappa shape index (κ1) is 27.4. The molecule has 0 aromatic carbocycles. The van der Waals surface area contributed by atoms with E-state index in [1.807, 2.05) is 0 Å². The monoisotopic (exact) mass is 350 g/mol. The van der Waals surface area contributed by atoms with E-state index < -0.39 is 23.5 Å². The summed E-state index contributed by atoms with van der Waals surface area (Å²) in [5.41, 5.74) is 0. The van der Waals surface area contributed by atoms with Crippen LogP contribution in [0.25, 0.3) is 0 Å². The van der Waals surface area contributed by atoms with E-state index in [-0.39, 0.29) is 77.7 Å². The average molecular weight is 350 g/mol. The minimum atomic E-state index is -5.97. The van der Waals surface area contributed by atoms with Gasteiger partial charge >= 0.3 is 77.7 Å². The van der Waals surface area contributed by atoms with Gasteiger partial charge in [-0.15, -0.1) is 0 Å². The van der Waals surface area contributed by atoms with Gasteiger partial charge in [-0.25, -0.2) is 0 Å². The SMILES string of the molecule is O=P([O-])([O-])OP(=O)([O-])OP(=O)([O-])[O-].[Na+].[Na+].[V+3]. The number of hydrogen-bond donors (Lipinski definition) is 0. The van der Waals surface area contributed by atoms with Crippen LogP contribution < -0.4 is 83.6 Å². The Balaban J connectivity index is -0.000000240. The Labute approximate surface area is 146 Å². The maximum absolute atomic E-state index is 10.1. The van der Waals surface area contributed by atoms with Crippen LogP contribution in [0.15, 0.2) is 0 Å². The molecule has 0 amide bonds. The molecule has 0 rings (SSSR count). The first-order valence-corrected chi connectivity index (χ1v) is 6.57. The van der Waals surface area contributed by atoms with Crippen LogP contribution in [0.2, 0.25) is 0 Å². The van der Waals surface area contributed by atoms with Gasteiger partial charge in [0.1, 0.15) is 0 Å². The molecule has 0 N–H and O–H groups in total. The molecule has 0 radical (unpaired) electrons. The molecule has 0 fully saturated rings. The van der Waals surface area contributed by atoms with Crippen molar-refractivity contribution in [1.29, 1.82) is 0 Å². The van der Waals surface area contributed by atoms with Crippen LogP contribution in [0.5, 0.6) is 0 Å². The minimum Gasteiger partial charge on any atom is -0.790 e. The van der Waals surface area contributed by atoms with Crippen molar-refractivity contribution in [3.8, 4) is 0 Å². The van der Waals surface area contributed by atoms with Crippen molar-refractivity contribution in [2.45, 2.75) is 0 Å². The van der Waals surface area contributed by atoms with Gasteiger partial charge < -0.3 is 33.6 Å². The normalized spacial score (nSPS) is 11.8. The van der Waals surface area contributed by atoms with Gasteiger partial charge in [0, 0.05) is 0 Å². The van der Waals surface area contributed by atoms with E-state index in [9.17, 15) is 38.2 Å². The zero-order valence-electron chi connectivity index (χ0n) is 7.87. The van der Waals surface area contributed by atoms with E-state index >= 15 is 0 Å². The Morgan fingerprint density at radius 3 is 1.00 bits per heavy atom. The van der Waals surface area contributed by atoms with Crippen LogP contribution >= 0.6 is 23.5 Å². The molecule has 82 valence electrons. The quantitative estimate of drug-likeness (QED) is 0.348. The molecule has 0 bridgehead atoms. The summed E-state index contributed by atoms with van der Waals surface area (Å²) >= 11 is 0. The fraction of sp³-hybridized carbons (Fsp3) is 0. The van der Waals surface area contributed by atoms with Crippen LogP contribution in [-0.4, -0.2) is 0 Å². The van der Waals surface area contributed by atoms with Crippen LogP contribution in [0.1, 0.15) is 0 Å². The van der Waals surface area contributed by atoms with Gasteiger partial charge in [0.05, 0.1) is 15.6 Å². The predicted molar refractivity (Wildman–Crippen MR) is 25.0 cm³/mol. The Morgan fingerprint density at radius 1 is 0.688 bits per heavy atom. The minimum absolute atomic E-state index is 0. The Bertz CT molecular complexity index is 286. The summed E-state index contributed by atoms with van der Waals surface area (Å²) in [5, 5.41) is 0. The molecule has 0 atom stereocenters. The molecule has 0 aliphatic rings. The van der Waals surface area contributed by atoms with E-state index in [0.717, 1.165) is 0 Å². The molecular weight excluding hydrogens is 350 g/mol. The fourth-order valence-corrected chi connectivity index (χ4v) is 2.61. The summed E-state index contributed by atoms with van der Waals surface area (Å²) in [5.74, 6) is 0. The van der Waals surface area contributed by atoms with Gasteiger partial charge in [0.25, 0.3) is 7.82 Å². The summed E-state index contributed by atoms with van der Waals surface area (Å²) in [4.78, 5) is 48.6. The molecule has 0 aliphatic carbocycles. The Hall–Kier alpha value is 2.99. The second-order valence-corrected chi connectivity index (χ2v) is 5.49. The third-order valence-electron chi connectivity index (χ3n) is 0.400. The first-order valence-electron chi connectivity index (χ1n) is 2.19. The van der Waals surface area contributed by atoms with Crippen molar-refractivity contribution in [2.24, 2.45) is 0 Å². The summed E-state index contributed by atoms with van der Waals surface area (Å²) in [7, 11) is -17.9. The maximum atomic E-state index is 10.1. The van der Waals surface area contributed by atoms with Crippen molar-refractivity contribution in [2.75, 3.05) is 0 Å². The molecule has 16 heteroatoms. The first-order chi connectivity index (χ1) is 5.41. The third-order valence-corrected chi connectivity index (χ3v) is 3.60. The van der Waals surface area contributed by atoms with Gasteiger partial charge in [-0.3, -0.25) is 13.2 Å². The van der Waals surface area contributed by atoms with E-state index in [0.29, 0.717) is 0 Å². The Kier molecular flexibility index (Phi) is 16.8. The largest absolute Gasteiger partial charge is 3.00 e. The Morgan fingerprint density at radius 2 is 0.875 bits per heavy atom. The summed E-state index contributed by atoms with van der Waals surface area (Å²) < 4.78 is 34.7. The molecule has 0 spiro atoms. The summed E-state index contributed by atoms with van der Waals surface area (Å²) in [6, 6.07) is 0. The van der Waals surface area contributed by atoms with E-state index in [4.69, 9.17) is 0 Å². The van der Waals surface area contributed by atoms with Gasteiger partial charge in [0.15, 0.2) is 0 Å². The molecular formula is Na2O10P3V. The molecule has 0 aliphatic heterocycles. The maximum Gasteiger partial charge on any atom is 3.00 e. The van der Waals surface area contributed by atoms with Crippen LogP contribution in [0.4, 0.5) is 0 Å².